The number of carboxylic acids is 1. The molecule has 0 bridgehead atoms. The zero-order valence-electron chi connectivity index (χ0n) is 11.9. The molecule has 0 saturated heterocycles. The first-order valence-electron chi connectivity index (χ1n) is 6.57. The molecule has 0 amide bonds. The second-order valence-corrected chi connectivity index (χ2v) is 5.17. The molecule has 0 heterocycles. The van der Waals surface area contributed by atoms with Crippen LogP contribution < -0.4 is 5.84 Å². The minimum absolute atomic E-state index is 0.163. The number of carboxylic acid groups (broad SMARTS) is 1. The number of nitrogens with two attached hydrogens (primary N) is 1. The molecule has 2 unspecified atom stereocenters. The second kappa shape index (κ2) is 6.07. The van der Waals surface area contributed by atoms with Gasteiger partial charge >= 0.3 is 11.9 Å². The molecule has 3 N–H and O–H groups in total. The van der Waals surface area contributed by atoms with Crippen LogP contribution in [0.3, 0.4) is 0 Å². The van der Waals surface area contributed by atoms with Crippen molar-refractivity contribution in [2.45, 2.75) is 25.5 Å². The molecule has 21 heavy (non-hydrogen) atoms. The van der Waals surface area contributed by atoms with Crippen molar-refractivity contribution in [3.05, 3.63) is 47.0 Å². The lowest BCUT2D eigenvalue weighted by Crippen LogP contribution is -2.41. The molecule has 1 aromatic carbocycles. The standard InChI is InChI=1S/C15H18N2O4/c1-9-3-4-10-8-12(17(2)16)15(11(10)7-9)21-14(20)6-5-13(18)19/h3-7,12,15H,8,16H2,1-2H3,(H,18,19)/b6-5-. The van der Waals surface area contributed by atoms with Crippen molar-refractivity contribution in [3.8, 4) is 0 Å². The fourth-order valence-corrected chi connectivity index (χ4v) is 2.51. The maximum Gasteiger partial charge on any atom is 0.331 e. The van der Waals surface area contributed by atoms with Gasteiger partial charge in [0.2, 0.25) is 0 Å². The average molecular weight is 290 g/mol. The Morgan fingerprint density at radius 3 is 2.76 bits per heavy atom. The van der Waals surface area contributed by atoms with Gasteiger partial charge in [-0.25, -0.2) is 14.6 Å². The van der Waals surface area contributed by atoms with E-state index in [4.69, 9.17) is 15.7 Å². The maximum absolute atomic E-state index is 11.7. The van der Waals surface area contributed by atoms with Gasteiger partial charge in [0.15, 0.2) is 0 Å². The lowest BCUT2D eigenvalue weighted by atomic mass is 10.1. The highest BCUT2D eigenvalue weighted by Gasteiger charge is 2.36. The Bertz CT molecular complexity index is 595. The summed E-state index contributed by atoms with van der Waals surface area (Å²) < 4.78 is 5.41. The Labute approximate surface area is 122 Å². The van der Waals surface area contributed by atoms with Gasteiger partial charge in [-0.15, -0.1) is 0 Å². The summed E-state index contributed by atoms with van der Waals surface area (Å²) in [6, 6.07) is 5.81. The van der Waals surface area contributed by atoms with Gasteiger partial charge in [-0.2, -0.15) is 0 Å². The first-order chi connectivity index (χ1) is 9.88. The second-order valence-electron chi connectivity index (χ2n) is 5.17. The summed E-state index contributed by atoms with van der Waals surface area (Å²) in [5.41, 5.74) is 3.08. The summed E-state index contributed by atoms with van der Waals surface area (Å²) in [7, 11) is 1.72. The molecule has 0 aromatic heterocycles. The SMILES string of the molecule is Cc1ccc2c(c1)C(OC(=O)/C=C\C(=O)O)C(N(C)N)C2. The number of likely N-dealkylation sites (N-methyl/N-ethyl adjacent to an activating group) is 1. The normalized spacial score (nSPS) is 20.8. The molecule has 112 valence electrons. The van der Waals surface area contributed by atoms with E-state index < -0.39 is 18.0 Å². The summed E-state index contributed by atoms with van der Waals surface area (Å²) in [5, 5.41) is 10.1. The van der Waals surface area contributed by atoms with Crippen molar-refractivity contribution in [2.24, 2.45) is 5.84 Å². The molecule has 0 saturated carbocycles. The molecule has 2 atom stereocenters. The van der Waals surface area contributed by atoms with Crippen molar-refractivity contribution >= 4 is 11.9 Å². The third-order valence-electron chi connectivity index (χ3n) is 3.51. The van der Waals surface area contributed by atoms with Crippen molar-refractivity contribution < 1.29 is 19.4 Å². The third kappa shape index (κ3) is 3.48. The van der Waals surface area contributed by atoms with Crippen LogP contribution in [0.15, 0.2) is 30.4 Å². The van der Waals surface area contributed by atoms with Gasteiger partial charge < -0.3 is 9.84 Å². The van der Waals surface area contributed by atoms with E-state index in [0.717, 1.165) is 28.8 Å². The van der Waals surface area contributed by atoms with E-state index in [1.807, 2.05) is 25.1 Å². The highest BCUT2D eigenvalue weighted by molar-refractivity contribution is 5.90. The highest BCUT2D eigenvalue weighted by atomic mass is 16.5. The number of nitrogens with zero attached hydrogens (tertiary/aromatic N) is 1. The number of carbonyl (C=O) groups excluding carboxylic acids is 1. The molecule has 0 aliphatic heterocycles. The van der Waals surface area contributed by atoms with Gasteiger partial charge in [-0.05, 0) is 24.5 Å². The van der Waals surface area contributed by atoms with E-state index >= 15 is 0 Å². The van der Waals surface area contributed by atoms with Gasteiger partial charge in [0.05, 0.1) is 6.04 Å². The van der Waals surface area contributed by atoms with E-state index in [9.17, 15) is 9.59 Å². The number of aryl methyl sites for hydroxylation is 1. The van der Waals surface area contributed by atoms with E-state index in [2.05, 4.69) is 0 Å². The number of hydrazine groups is 1. The molecular weight excluding hydrogens is 272 g/mol. The number of ether oxygens (including phenoxy) is 1. The number of benzene rings is 1. The Hall–Kier alpha value is -2.18. The summed E-state index contributed by atoms with van der Waals surface area (Å²) >= 11 is 0. The summed E-state index contributed by atoms with van der Waals surface area (Å²) in [6.45, 7) is 1.96. The number of carbonyl (C=O) groups is 2. The molecular formula is C15H18N2O4. The Balaban J connectivity index is 2.24. The van der Waals surface area contributed by atoms with Crippen LogP contribution in [0.5, 0.6) is 0 Å². The Morgan fingerprint density at radius 1 is 1.43 bits per heavy atom. The summed E-state index contributed by atoms with van der Waals surface area (Å²) in [4.78, 5) is 22.2. The summed E-state index contributed by atoms with van der Waals surface area (Å²) in [5.74, 6) is 3.95. The Kier molecular flexibility index (Phi) is 4.40. The first kappa shape index (κ1) is 15.2. The molecule has 1 aliphatic rings. The predicted molar refractivity (Wildman–Crippen MR) is 76.2 cm³/mol. The monoisotopic (exact) mass is 290 g/mol. The number of esters is 1. The average Bonchev–Trinajstić information content (AvgIpc) is 2.75. The fraction of sp³-hybridized carbons (Fsp3) is 0.333. The third-order valence-corrected chi connectivity index (χ3v) is 3.51. The number of hydrogen-bond donors (Lipinski definition) is 2. The molecule has 0 spiro atoms. The molecule has 1 aliphatic carbocycles. The number of hydrogen-bond acceptors (Lipinski definition) is 5. The predicted octanol–water partition coefficient (Wildman–Crippen LogP) is 0.950. The highest BCUT2D eigenvalue weighted by Crippen LogP contribution is 2.36. The number of fused-ring (bicyclic) bond motifs is 1. The molecule has 6 nitrogen and oxygen atoms in total. The maximum atomic E-state index is 11.7. The van der Waals surface area contributed by atoms with Crippen LogP contribution in [-0.2, 0) is 20.7 Å². The minimum Gasteiger partial charge on any atom is -0.478 e. The van der Waals surface area contributed by atoms with E-state index in [1.54, 1.807) is 7.05 Å². The molecule has 0 radical (unpaired) electrons. The van der Waals surface area contributed by atoms with Crippen molar-refractivity contribution in [1.82, 2.24) is 5.01 Å². The van der Waals surface area contributed by atoms with Crippen molar-refractivity contribution in [3.63, 3.8) is 0 Å². The quantitative estimate of drug-likeness (QED) is 0.371. The van der Waals surface area contributed by atoms with Crippen LogP contribution in [0, 0.1) is 6.92 Å². The number of rotatable bonds is 4. The van der Waals surface area contributed by atoms with Crippen LogP contribution in [0.25, 0.3) is 0 Å². The zero-order chi connectivity index (χ0) is 15.6. The van der Waals surface area contributed by atoms with Crippen molar-refractivity contribution in [1.29, 1.82) is 0 Å². The van der Waals surface area contributed by atoms with Crippen LogP contribution >= 0.6 is 0 Å². The smallest absolute Gasteiger partial charge is 0.331 e. The molecule has 2 rings (SSSR count). The van der Waals surface area contributed by atoms with Gasteiger partial charge in [0, 0.05) is 19.2 Å². The van der Waals surface area contributed by atoms with Gasteiger partial charge in [0.1, 0.15) is 6.10 Å². The van der Waals surface area contributed by atoms with Crippen LogP contribution in [0.4, 0.5) is 0 Å². The largest absolute Gasteiger partial charge is 0.478 e. The Morgan fingerprint density at radius 2 is 2.14 bits per heavy atom. The van der Waals surface area contributed by atoms with E-state index in [-0.39, 0.29) is 6.04 Å². The van der Waals surface area contributed by atoms with E-state index in [1.165, 1.54) is 5.01 Å². The zero-order valence-corrected chi connectivity index (χ0v) is 11.9. The lowest BCUT2D eigenvalue weighted by Gasteiger charge is -2.25. The molecule has 6 heteroatoms. The molecule has 0 fully saturated rings. The van der Waals surface area contributed by atoms with Crippen LogP contribution in [-0.4, -0.2) is 35.1 Å². The minimum atomic E-state index is -1.19. The van der Waals surface area contributed by atoms with Gasteiger partial charge in [-0.1, -0.05) is 23.8 Å². The lowest BCUT2D eigenvalue weighted by molar-refractivity contribution is -0.146. The van der Waals surface area contributed by atoms with Crippen molar-refractivity contribution in [2.75, 3.05) is 7.05 Å². The number of aliphatic carboxylic acids is 1. The molecule has 1 aromatic rings. The van der Waals surface area contributed by atoms with E-state index in [0.29, 0.717) is 6.42 Å². The van der Waals surface area contributed by atoms with Crippen LogP contribution in [0.2, 0.25) is 0 Å². The first-order valence-corrected chi connectivity index (χ1v) is 6.57. The summed E-state index contributed by atoms with van der Waals surface area (Å²) in [6.07, 6.45) is 1.85. The fourth-order valence-electron chi connectivity index (χ4n) is 2.51. The van der Waals surface area contributed by atoms with Gasteiger partial charge in [0.25, 0.3) is 0 Å². The van der Waals surface area contributed by atoms with Crippen LogP contribution in [0.1, 0.15) is 22.8 Å². The topological polar surface area (TPSA) is 92.9 Å². The van der Waals surface area contributed by atoms with Gasteiger partial charge in [-0.3, -0.25) is 5.84 Å².